The molecular formula is C22H21N5O4. The Hall–Kier alpha value is -4.01. The molecule has 0 N–H and O–H groups in total. The highest BCUT2D eigenvalue weighted by atomic mass is 16.5. The van der Waals surface area contributed by atoms with Crippen LogP contribution in [0.25, 0.3) is 5.82 Å². The molecule has 3 aromatic heterocycles. The fraction of sp³-hybridized carbons (Fsp3) is 0.227. The zero-order valence-corrected chi connectivity index (χ0v) is 17.4. The van der Waals surface area contributed by atoms with Gasteiger partial charge in [0.15, 0.2) is 12.4 Å². The number of esters is 1. The van der Waals surface area contributed by atoms with E-state index in [1.807, 2.05) is 30.5 Å². The summed E-state index contributed by atoms with van der Waals surface area (Å²) in [7, 11) is 0. The van der Waals surface area contributed by atoms with Gasteiger partial charge in [-0.25, -0.2) is 14.5 Å². The molecule has 31 heavy (non-hydrogen) atoms. The van der Waals surface area contributed by atoms with Gasteiger partial charge in [0.2, 0.25) is 5.78 Å². The number of ether oxygens (including phenoxy) is 1. The standard InChI is InChI=1S/C22H21N5O4/c1-14-8-19(16(3)27(14)21-9-15(2)31-25-21)20(28)11-30-22(29)18-6-4-17(5-7-18)10-26-13-23-12-24-26/h4-9,12-13H,10-11H2,1-3H3. The molecular weight excluding hydrogens is 398 g/mol. The molecule has 9 nitrogen and oxygen atoms in total. The molecule has 3 heterocycles. The topological polar surface area (TPSA) is 105 Å². The number of aromatic nitrogens is 5. The molecule has 0 unspecified atom stereocenters. The Bertz CT molecular complexity index is 1220. The van der Waals surface area contributed by atoms with E-state index in [-0.39, 0.29) is 12.4 Å². The maximum Gasteiger partial charge on any atom is 0.338 e. The molecule has 4 rings (SSSR count). The molecule has 0 aliphatic rings. The number of Topliss-reactive ketones (excluding diaryl/α,β-unsaturated/α-hetero) is 1. The summed E-state index contributed by atoms with van der Waals surface area (Å²) in [4.78, 5) is 28.9. The fourth-order valence-electron chi connectivity index (χ4n) is 3.40. The highest BCUT2D eigenvalue weighted by Crippen LogP contribution is 2.21. The first-order chi connectivity index (χ1) is 14.9. The van der Waals surface area contributed by atoms with E-state index in [0.717, 1.165) is 11.3 Å². The van der Waals surface area contributed by atoms with Crippen LogP contribution in [0.2, 0.25) is 0 Å². The minimum atomic E-state index is -0.554. The van der Waals surface area contributed by atoms with Gasteiger partial charge in [0.25, 0.3) is 0 Å². The summed E-state index contributed by atoms with van der Waals surface area (Å²) < 4.78 is 13.9. The van der Waals surface area contributed by atoms with Crippen molar-refractivity contribution in [1.82, 2.24) is 24.5 Å². The second kappa shape index (κ2) is 8.39. The third-order valence-electron chi connectivity index (χ3n) is 4.91. The van der Waals surface area contributed by atoms with Crippen LogP contribution in [-0.2, 0) is 11.3 Å². The lowest BCUT2D eigenvalue weighted by Crippen LogP contribution is -2.15. The molecule has 158 valence electrons. The molecule has 9 heteroatoms. The first-order valence-electron chi connectivity index (χ1n) is 9.66. The predicted molar refractivity (Wildman–Crippen MR) is 110 cm³/mol. The maximum atomic E-state index is 12.7. The number of ketones is 1. The van der Waals surface area contributed by atoms with Crippen molar-refractivity contribution >= 4 is 11.8 Å². The third-order valence-corrected chi connectivity index (χ3v) is 4.91. The Morgan fingerprint density at radius 2 is 1.87 bits per heavy atom. The smallest absolute Gasteiger partial charge is 0.338 e. The highest BCUT2D eigenvalue weighted by molar-refractivity contribution is 6.00. The molecule has 0 aliphatic heterocycles. The molecule has 0 amide bonds. The molecule has 0 fully saturated rings. The molecule has 0 saturated heterocycles. The molecule has 0 saturated carbocycles. The van der Waals surface area contributed by atoms with Crippen molar-refractivity contribution in [2.24, 2.45) is 0 Å². The largest absolute Gasteiger partial charge is 0.454 e. The van der Waals surface area contributed by atoms with Gasteiger partial charge in [0.05, 0.1) is 12.1 Å². The van der Waals surface area contributed by atoms with Crippen LogP contribution >= 0.6 is 0 Å². The lowest BCUT2D eigenvalue weighted by Gasteiger charge is -2.07. The van der Waals surface area contributed by atoms with Gasteiger partial charge in [-0.05, 0) is 44.5 Å². The van der Waals surface area contributed by atoms with Crippen LogP contribution < -0.4 is 0 Å². The highest BCUT2D eigenvalue weighted by Gasteiger charge is 2.20. The van der Waals surface area contributed by atoms with E-state index in [0.29, 0.717) is 34.9 Å². The van der Waals surface area contributed by atoms with E-state index >= 15 is 0 Å². The molecule has 0 bridgehead atoms. The Morgan fingerprint density at radius 1 is 1.10 bits per heavy atom. The van der Waals surface area contributed by atoms with Crippen LogP contribution in [0.3, 0.4) is 0 Å². The van der Waals surface area contributed by atoms with Crippen molar-refractivity contribution in [3.8, 4) is 5.82 Å². The van der Waals surface area contributed by atoms with Gasteiger partial charge in [-0.1, -0.05) is 17.3 Å². The second-order valence-corrected chi connectivity index (χ2v) is 7.21. The molecule has 0 spiro atoms. The summed E-state index contributed by atoms with van der Waals surface area (Å²) in [5, 5.41) is 8.05. The summed E-state index contributed by atoms with van der Waals surface area (Å²) in [6.07, 6.45) is 3.08. The Morgan fingerprint density at radius 3 is 2.52 bits per heavy atom. The Balaban J connectivity index is 1.40. The molecule has 0 atom stereocenters. The van der Waals surface area contributed by atoms with Gasteiger partial charge >= 0.3 is 5.97 Å². The average molecular weight is 419 g/mol. The summed E-state index contributed by atoms with van der Waals surface area (Å²) in [6, 6.07) is 10.5. The van der Waals surface area contributed by atoms with Crippen LogP contribution in [0.5, 0.6) is 0 Å². The van der Waals surface area contributed by atoms with Gasteiger partial charge in [-0.15, -0.1) is 0 Å². The number of carbonyl (C=O) groups is 2. The summed E-state index contributed by atoms with van der Waals surface area (Å²) in [5.41, 5.74) is 3.37. The first kappa shape index (κ1) is 20.3. The van der Waals surface area contributed by atoms with E-state index < -0.39 is 5.97 Å². The average Bonchev–Trinajstić information content (AvgIpc) is 3.48. The van der Waals surface area contributed by atoms with Gasteiger partial charge in [-0.3, -0.25) is 9.36 Å². The van der Waals surface area contributed by atoms with E-state index in [1.165, 1.54) is 6.33 Å². The van der Waals surface area contributed by atoms with Crippen LogP contribution in [0.15, 0.2) is 53.6 Å². The number of rotatable bonds is 7. The zero-order chi connectivity index (χ0) is 22.0. The van der Waals surface area contributed by atoms with Gasteiger partial charge < -0.3 is 9.26 Å². The lowest BCUT2D eigenvalue weighted by molar-refractivity contribution is 0.0474. The van der Waals surface area contributed by atoms with Crippen LogP contribution in [0, 0.1) is 20.8 Å². The van der Waals surface area contributed by atoms with Crippen molar-refractivity contribution in [2.45, 2.75) is 27.3 Å². The number of benzene rings is 1. The van der Waals surface area contributed by atoms with E-state index in [2.05, 4.69) is 15.2 Å². The minimum Gasteiger partial charge on any atom is -0.454 e. The molecule has 1 aromatic carbocycles. The second-order valence-electron chi connectivity index (χ2n) is 7.21. The predicted octanol–water partition coefficient (Wildman–Crippen LogP) is 3.07. The van der Waals surface area contributed by atoms with E-state index in [9.17, 15) is 9.59 Å². The lowest BCUT2D eigenvalue weighted by atomic mass is 10.1. The molecule has 0 aliphatic carbocycles. The van der Waals surface area contributed by atoms with Gasteiger partial charge in [-0.2, -0.15) is 5.10 Å². The van der Waals surface area contributed by atoms with Crippen molar-refractivity contribution in [3.05, 3.63) is 82.9 Å². The fourth-order valence-corrected chi connectivity index (χ4v) is 3.40. The number of hydrogen-bond donors (Lipinski definition) is 0. The molecule has 0 radical (unpaired) electrons. The quantitative estimate of drug-likeness (QED) is 0.335. The normalized spacial score (nSPS) is 10.9. The van der Waals surface area contributed by atoms with Crippen molar-refractivity contribution in [3.63, 3.8) is 0 Å². The number of aryl methyl sites for hydroxylation is 2. The van der Waals surface area contributed by atoms with Crippen molar-refractivity contribution in [2.75, 3.05) is 6.61 Å². The van der Waals surface area contributed by atoms with E-state index in [1.54, 1.807) is 42.2 Å². The van der Waals surface area contributed by atoms with Gasteiger partial charge in [0, 0.05) is 23.0 Å². The van der Waals surface area contributed by atoms with Crippen molar-refractivity contribution in [1.29, 1.82) is 0 Å². The van der Waals surface area contributed by atoms with Crippen molar-refractivity contribution < 1.29 is 18.8 Å². The van der Waals surface area contributed by atoms with Crippen LogP contribution in [0.4, 0.5) is 0 Å². The number of nitrogens with zero attached hydrogens (tertiary/aromatic N) is 5. The summed E-state index contributed by atoms with van der Waals surface area (Å²) in [6.45, 7) is 5.70. The monoisotopic (exact) mass is 419 g/mol. The summed E-state index contributed by atoms with van der Waals surface area (Å²) >= 11 is 0. The van der Waals surface area contributed by atoms with E-state index in [4.69, 9.17) is 9.26 Å². The number of carbonyl (C=O) groups excluding carboxylic acids is 2. The number of hydrogen-bond acceptors (Lipinski definition) is 7. The summed E-state index contributed by atoms with van der Waals surface area (Å²) in [5.74, 6) is 0.448. The third kappa shape index (κ3) is 4.30. The van der Waals surface area contributed by atoms with Crippen LogP contribution in [0.1, 0.15) is 43.4 Å². The zero-order valence-electron chi connectivity index (χ0n) is 17.4. The van der Waals surface area contributed by atoms with Crippen LogP contribution in [-0.4, -0.2) is 42.8 Å². The molecule has 4 aromatic rings. The maximum absolute atomic E-state index is 12.7. The Labute approximate surface area is 178 Å². The minimum absolute atomic E-state index is 0.282. The SMILES string of the molecule is Cc1cc(-n2c(C)cc(C(=O)COC(=O)c3ccc(Cn4cncn4)cc3)c2C)no1. The first-order valence-corrected chi connectivity index (χ1v) is 9.66. The van der Waals surface area contributed by atoms with Gasteiger partial charge in [0.1, 0.15) is 18.4 Å². The Kier molecular flexibility index (Phi) is 5.48.